The predicted molar refractivity (Wildman–Crippen MR) is 73.9 cm³/mol. The van der Waals surface area contributed by atoms with Crippen LogP contribution in [0, 0.1) is 6.92 Å². The number of aryl methyl sites for hydroxylation is 1. The number of furan rings is 1. The van der Waals surface area contributed by atoms with Crippen LogP contribution in [0.3, 0.4) is 0 Å². The lowest BCUT2D eigenvalue weighted by Crippen LogP contribution is -2.03. The monoisotopic (exact) mass is 253 g/mol. The molecule has 0 aliphatic heterocycles. The van der Waals surface area contributed by atoms with Gasteiger partial charge in [-0.1, -0.05) is 18.2 Å². The lowest BCUT2D eigenvalue weighted by atomic mass is 10.00. The quantitative estimate of drug-likeness (QED) is 0.778. The van der Waals surface area contributed by atoms with E-state index in [9.17, 15) is 5.11 Å². The Kier molecular flexibility index (Phi) is 3.05. The molecule has 0 spiro atoms. The number of aliphatic hydroxyl groups is 1. The molecule has 0 amide bonds. The van der Waals surface area contributed by atoms with Crippen LogP contribution >= 0.6 is 0 Å². The summed E-state index contributed by atoms with van der Waals surface area (Å²) in [7, 11) is 0. The van der Waals surface area contributed by atoms with E-state index in [1.54, 1.807) is 6.26 Å². The Morgan fingerprint density at radius 3 is 2.84 bits per heavy atom. The van der Waals surface area contributed by atoms with Crippen LogP contribution in [-0.2, 0) is 6.42 Å². The van der Waals surface area contributed by atoms with Gasteiger partial charge in [0.2, 0.25) is 0 Å². The van der Waals surface area contributed by atoms with Crippen molar-refractivity contribution in [3.8, 4) is 0 Å². The van der Waals surface area contributed by atoms with Gasteiger partial charge in [0.1, 0.15) is 5.76 Å². The standard InChI is InChI=1S/C16H15NO2/c1-11-9-14(13-6-2-3-7-15(13)17-11)16(18)10-12-5-4-8-19-12/h2-9,16,18H,10H2,1H3. The Morgan fingerprint density at radius 2 is 2.05 bits per heavy atom. The van der Waals surface area contributed by atoms with Gasteiger partial charge < -0.3 is 9.52 Å². The molecule has 2 heterocycles. The molecule has 3 aromatic rings. The van der Waals surface area contributed by atoms with Crippen molar-refractivity contribution in [2.45, 2.75) is 19.4 Å². The zero-order chi connectivity index (χ0) is 13.2. The molecule has 1 atom stereocenters. The second-order valence-electron chi connectivity index (χ2n) is 4.67. The molecular formula is C16H15NO2. The maximum Gasteiger partial charge on any atom is 0.106 e. The van der Waals surface area contributed by atoms with E-state index in [0.29, 0.717) is 6.42 Å². The molecule has 2 aromatic heterocycles. The fraction of sp³-hybridized carbons (Fsp3) is 0.188. The molecule has 0 saturated heterocycles. The molecule has 1 aromatic carbocycles. The van der Waals surface area contributed by atoms with Crippen LogP contribution in [0.15, 0.2) is 53.1 Å². The summed E-state index contributed by atoms with van der Waals surface area (Å²) in [4.78, 5) is 4.48. The van der Waals surface area contributed by atoms with Crippen LogP contribution in [-0.4, -0.2) is 10.1 Å². The normalized spacial score (nSPS) is 12.7. The maximum atomic E-state index is 10.4. The average molecular weight is 253 g/mol. The van der Waals surface area contributed by atoms with Gasteiger partial charge in [-0.05, 0) is 36.8 Å². The third-order valence-corrected chi connectivity index (χ3v) is 3.21. The summed E-state index contributed by atoms with van der Waals surface area (Å²) in [6.07, 6.45) is 1.51. The molecule has 1 N–H and O–H groups in total. The van der Waals surface area contributed by atoms with Crippen LogP contribution in [0.25, 0.3) is 10.9 Å². The summed E-state index contributed by atoms with van der Waals surface area (Å²) in [6, 6.07) is 13.5. The van der Waals surface area contributed by atoms with E-state index >= 15 is 0 Å². The van der Waals surface area contributed by atoms with E-state index in [1.165, 1.54) is 0 Å². The van der Waals surface area contributed by atoms with Gasteiger partial charge >= 0.3 is 0 Å². The molecule has 0 bridgehead atoms. The number of hydrogen-bond donors (Lipinski definition) is 1. The minimum absolute atomic E-state index is 0.473. The van der Waals surface area contributed by atoms with E-state index < -0.39 is 6.10 Å². The fourth-order valence-corrected chi connectivity index (χ4v) is 2.35. The molecule has 19 heavy (non-hydrogen) atoms. The lowest BCUT2D eigenvalue weighted by Gasteiger charge is -2.13. The molecule has 96 valence electrons. The first kappa shape index (κ1) is 11.9. The van der Waals surface area contributed by atoms with Crippen molar-refractivity contribution in [2.75, 3.05) is 0 Å². The Bertz CT molecular complexity index is 689. The number of aromatic nitrogens is 1. The van der Waals surface area contributed by atoms with Gasteiger partial charge in [-0.2, -0.15) is 0 Å². The van der Waals surface area contributed by atoms with Crippen molar-refractivity contribution < 1.29 is 9.52 Å². The van der Waals surface area contributed by atoms with Crippen molar-refractivity contribution in [3.05, 3.63) is 65.7 Å². The third kappa shape index (κ3) is 2.37. The zero-order valence-electron chi connectivity index (χ0n) is 10.7. The van der Waals surface area contributed by atoms with Crippen LogP contribution in [0.5, 0.6) is 0 Å². The zero-order valence-corrected chi connectivity index (χ0v) is 10.7. The van der Waals surface area contributed by atoms with Crippen molar-refractivity contribution >= 4 is 10.9 Å². The highest BCUT2D eigenvalue weighted by molar-refractivity contribution is 5.82. The van der Waals surface area contributed by atoms with Crippen LogP contribution < -0.4 is 0 Å². The smallest absolute Gasteiger partial charge is 0.106 e. The van der Waals surface area contributed by atoms with E-state index in [-0.39, 0.29) is 0 Å². The van der Waals surface area contributed by atoms with Crippen molar-refractivity contribution in [1.82, 2.24) is 4.98 Å². The van der Waals surface area contributed by atoms with E-state index in [2.05, 4.69) is 4.98 Å². The van der Waals surface area contributed by atoms with Crippen LogP contribution in [0.2, 0.25) is 0 Å². The Morgan fingerprint density at radius 1 is 1.21 bits per heavy atom. The lowest BCUT2D eigenvalue weighted by molar-refractivity contribution is 0.172. The first-order valence-electron chi connectivity index (χ1n) is 6.31. The number of hydrogen-bond acceptors (Lipinski definition) is 3. The highest BCUT2D eigenvalue weighted by atomic mass is 16.3. The number of nitrogens with zero attached hydrogens (tertiary/aromatic N) is 1. The van der Waals surface area contributed by atoms with E-state index in [4.69, 9.17) is 4.42 Å². The number of para-hydroxylation sites is 1. The Balaban J connectivity index is 2.03. The van der Waals surface area contributed by atoms with Crippen molar-refractivity contribution in [2.24, 2.45) is 0 Å². The summed E-state index contributed by atoms with van der Waals surface area (Å²) in [5, 5.41) is 11.4. The molecule has 1 unspecified atom stereocenters. The van der Waals surface area contributed by atoms with E-state index in [0.717, 1.165) is 27.9 Å². The maximum absolute atomic E-state index is 10.4. The van der Waals surface area contributed by atoms with Crippen LogP contribution in [0.1, 0.15) is 23.1 Å². The summed E-state index contributed by atoms with van der Waals surface area (Å²) < 4.78 is 5.29. The molecule has 0 radical (unpaired) electrons. The van der Waals surface area contributed by atoms with Crippen LogP contribution in [0.4, 0.5) is 0 Å². The summed E-state index contributed by atoms with van der Waals surface area (Å²) in [6.45, 7) is 1.94. The first-order chi connectivity index (χ1) is 9.24. The highest BCUT2D eigenvalue weighted by Gasteiger charge is 2.14. The molecular weight excluding hydrogens is 238 g/mol. The summed E-state index contributed by atoms with van der Waals surface area (Å²) >= 11 is 0. The first-order valence-corrected chi connectivity index (χ1v) is 6.31. The van der Waals surface area contributed by atoms with Gasteiger partial charge in [-0.3, -0.25) is 4.98 Å². The van der Waals surface area contributed by atoms with Crippen molar-refractivity contribution in [1.29, 1.82) is 0 Å². The molecule has 0 aliphatic carbocycles. The van der Waals surface area contributed by atoms with Gasteiger partial charge in [0.25, 0.3) is 0 Å². The molecule has 0 saturated carbocycles. The minimum atomic E-state index is -0.585. The summed E-state index contributed by atoms with van der Waals surface area (Å²) in [5.74, 6) is 0.783. The number of aliphatic hydroxyl groups excluding tert-OH is 1. The SMILES string of the molecule is Cc1cc(C(O)Cc2ccco2)c2ccccc2n1. The molecule has 3 nitrogen and oxygen atoms in total. The van der Waals surface area contributed by atoms with E-state index in [1.807, 2.05) is 49.4 Å². The topological polar surface area (TPSA) is 46.3 Å². The Labute approximate surface area is 111 Å². The highest BCUT2D eigenvalue weighted by Crippen LogP contribution is 2.26. The largest absolute Gasteiger partial charge is 0.469 e. The van der Waals surface area contributed by atoms with Gasteiger partial charge in [-0.25, -0.2) is 0 Å². The number of pyridine rings is 1. The fourth-order valence-electron chi connectivity index (χ4n) is 2.35. The summed E-state index contributed by atoms with van der Waals surface area (Å²) in [5.41, 5.74) is 2.72. The van der Waals surface area contributed by atoms with Gasteiger partial charge in [0.15, 0.2) is 0 Å². The molecule has 3 rings (SSSR count). The second-order valence-corrected chi connectivity index (χ2v) is 4.67. The molecule has 0 aliphatic rings. The van der Waals surface area contributed by atoms with Gasteiger partial charge in [0, 0.05) is 17.5 Å². The molecule has 3 heteroatoms. The average Bonchev–Trinajstić information content (AvgIpc) is 2.90. The third-order valence-electron chi connectivity index (χ3n) is 3.21. The van der Waals surface area contributed by atoms with Crippen molar-refractivity contribution in [3.63, 3.8) is 0 Å². The number of rotatable bonds is 3. The second kappa shape index (κ2) is 4.86. The molecule has 0 fully saturated rings. The Hall–Kier alpha value is -2.13. The minimum Gasteiger partial charge on any atom is -0.469 e. The van der Waals surface area contributed by atoms with Gasteiger partial charge in [-0.15, -0.1) is 0 Å². The van der Waals surface area contributed by atoms with Gasteiger partial charge in [0.05, 0.1) is 17.9 Å². The predicted octanol–water partition coefficient (Wildman–Crippen LogP) is 3.41. The number of fused-ring (bicyclic) bond motifs is 1. The number of benzene rings is 1.